The van der Waals surface area contributed by atoms with Crippen molar-refractivity contribution in [3.8, 4) is 0 Å². The van der Waals surface area contributed by atoms with Gasteiger partial charge in [0.25, 0.3) is 0 Å². The van der Waals surface area contributed by atoms with Crippen molar-refractivity contribution in [3.05, 3.63) is 34.5 Å². The van der Waals surface area contributed by atoms with E-state index < -0.39 is 0 Å². The van der Waals surface area contributed by atoms with Crippen molar-refractivity contribution >= 4 is 10.9 Å². The van der Waals surface area contributed by atoms with Crippen LogP contribution in [0.5, 0.6) is 0 Å². The largest absolute Gasteiger partial charge is 0.358 e. The minimum absolute atomic E-state index is 1.25. The lowest BCUT2D eigenvalue weighted by molar-refractivity contribution is 0.667. The zero-order valence-corrected chi connectivity index (χ0v) is 12.3. The molecule has 3 rings (SSSR count). The van der Waals surface area contributed by atoms with Crippen LogP contribution in [0, 0.1) is 6.92 Å². The molecule has 1 N–H and O–H groups in total. The number of H-pyrrole nitrogens is 1. The molecule has 0 saturated heterocycles. The Hall–Kier alpha value is -1.24. The minimum atomic E-state index is 1.25. The molecule has 0 amide bonds. The highest BCUT2D eigenvalue weighted by atomic mass is 14.7. The van der Waals surface area contributed by atoms with Gasteiger partial charge in [0.05, 0.1) is 0 Å². The number of aromatic amines is 1. The molecular formula is C18H25N. The number of nitrogens with one attached hydrogen (secondary N) is 1. The van der Waals surface area contributed by atoms with Crippen LogP contribution < -0.4 is 0 Å². The van der Waals surface area contributed by atoms with Crippen molar-refractivity contribution in [2.24, 2.45) is 0 Å². The summed E-state index contributed by atoms with van der Waals surface area (Å²) in [6, 6.07) is 4.57. The molecule has 0 radical (unpaired) electrons. The standard InChI is InChI=1S/C18H25N/c1-3-4-5-6-8-14-13(2)11-12-17-18(14)15-9-7-10-16(15)19-17/h11-12,19H,3-10H2,1-2H3. The molecule has 2 aromatic rings. The van der Waals surface area contributed by atoms with Crippen molar-refractivity contribution in [1.82, 2.24) is 4.98 Å². The summed E-state index contributed by atoms with van der Waals surface area (Å²) in [7, 11) is 0. The van der Waals surface area contributed by atoms with Gasteiger partial charge in [-0.25, -0.2) is 0 Å². The summed E-state index contributed by atoms with van der Waals surface area (Å²) >= 11 is 0. The van der Waals surface area contributed by atoms with Crippen molar-refractivity contribution < 1.29 is 0 Å². The summed E-state index contributed by atoms with van der Waals surface area (Å²) in [5.74, 6) is 0. The van der Waals surface area contributed by atoms with Gasteiger partial charge in [-0.2, -0.15) is 0 Å². The molecule has 0 unspecified atom stereocenters. The van der Waals surface area contributed by atoms with Crippen LogP contribution in [0.25, 0.3) is 10.9 Å². The van der Waals surface area contributed by atoms with Crippen LogP contribution in [0.15, 0.2) is 12.1 Å². The molecule has 0 fully saturated rings. The van der Waals surface area contributed by atoms with Crippen molar-refractivity contribution in [2.45, 2.75) is 65.2 Å². The van der Waals surface area contributed by atoms with E-state index >= 15 is 0 Å². The molecule has 0 bridgehead atoms. The average Bonchev–Trinajstić information content (AvgIpc) is 2.97. The summed E-state index contributed by atoms with van der Waals surface area (Å²) in [4.78, 5) is 3.65. The second kappa shape index (κ2) is 5.40. The van der Waals surface area contributed by atoms with E-state index in [-0.39, 0.29) is 0 Å². The number of hydrogen-bond donors (Lipinski definition) is 1. The molecule has 1 aromatic carbocycles. The molecule has 0 atom stereocenters. The third-order valence-corrected chi connectivity index (χ3v) is 4.63. The molecule has 1 heterocycles. The van der Waals surface area contributed by atoms with E-state index in [1.54, 1.807) is 16.5 Å². The number of unbranched alkanes of at least 4 members (excludes halogenated alkanes) is 3. The van der Waals surface area contributed by atoms with Gasteiger partial charge in [0.2, 0.25) is 0 Å². The van der Waals surface area contributed by atoms with Gasteiger partial charge >= 0.3 is 0 Å². The molecule has 102 valence electrons. The fourth-order valence-corrected chi connectivity index (χ4v) is 3.57. The first-order chi connectivity index (χ1) is 9.31. The summed E-state index contributed by atoms with van der Waals surface area (Å²) in [6.07, 6.45) is 10.5. The number of hydrogen-bond acceptors (Lipinski definition) is 0. The second-order valence-electron chi connectivity index (χ2n) is 6.03. The highest BCUT2D eigenvalue weighted by Gasteiger charge is 2.19. The Labute approximate surface area is 116 Å². The SMILES string of the molecule is CCCCCCc1c(C)ccc2[nH]c3c(c12)CCC3. The molecule has 1 nitrogen and oxygen atoms in total. The number of rotatable bonds is 5. The fraction of sp³-hybridized carbons (Fsp3) is 0.556. The van der Waals surface area contributed by atoms with E-state index in [1.807, 2.05) is 0 Å². The van der Waals surface area contributed by atoms with E-state index in [0.717, 1.165) is 0 Å². The Morgan fingerprint density at radius 2 is 2.00 bits per heavy atom. The summed E-state index contributed by atoms with van der Waals surface area (Å²) in [5, 5.41) is 1.57. The molecular weight excluding hydrogens is 230 g/mol. The monoisotopic (exact) mass is 255 g/mol. The van der Waals surface area contributed by atoms with Crippen LogP contribution in [0.1, 0.15) is 61.4 Å². The predicted octanol–water partition coefficient (Wildman–Crippen LogP) is 5.09. The molecule has 0 aliphatic heterocycles. The Balaban J connectivity index is 1.94. The third kappa shape index (κ3) is 2.31. The Kier molecular flexibility index (Phi) is 3.63. The Morgan fingerprint density at radius 1 is 1.11 bits per heavy atom. The summed E-state index contributed by atoms with van der Waals surface area (Å²) in [6.45, 7) is 4.56. The smallest absolute Gasteiger partial charge is 0.0461 e. The van der Waals surface area contributed by atoms with E-state index in [2.05, 4.69) is 31.0 Å². The lowest BCUT2D eigenvalue weighted by Crippen LogP contribution is -1.93. The van der Waals surface area contributed by atoms with Crippen LogP contribution in [0.2, 0.25) is 0 Å². The van der Waals surface area contributed by atoms with Gasteiger partial charge in [0.1, 0.15) is 0 Å². The first kappa shape index (κ1) is 12.8. The van der Waals surface area contributed by atoms with Crippen molar-refractivity contribution in [2.75, 3.05) is 0 Å². The van der Waals surface area contributed by atoms with Gasteiger partial charge in [0.15, 0.2) is 0 Å². The number of fused-ring (bicyclic) bond motifs is 3. The molecule has 0 saturated carbocycles. The van der Waals surface area contributed by atoms with E-state index in [9.17, 15) is 0 Å². The zero-order valence-electron chi connectivity index (χ0n) is 12.3. The minimum Gasteiger partial charge on any atom is -0.358 e. The first-order valence-corrected chi connectivity index (χ1v) is 7.93. The van der Waals surface area contributed by atoms with Gasteiger partial charge in [-0.1, -0.05) is 32.3 Å². The van der Waals surface area contributed by atoms with Crippen molar-refractivity contribution in [1.29, 1.82) is 0 Å². The highest BCUT2D eigenvalue weighted by Crippen LogP contribution is 2.34. The first-order valence-electron chi connectivity index (χ1n) is 7.93. The average molecular weight is 255 g/mol. The fourth-order valence-electron chi connectivity index (χ4n) is 3.57. The quantitative estimate of drug-likeness (QED) is 0.716. The number of aryl methyl sites for hydroxylation is 4. The molecule has 19 heavy (non-hydrogen) atoms. The van der Waals surface area contributed by atoms with Crippen LogP contribution >= 0.6 is 0 Å². The molecule has 1 heteroatoms. The predicted molar refractivity (Wildman–Crippen MR) is 82.9 cm³/mol. The maximum atomic E-state index is 3.65. The van der Waals surface area contributed by atoms with E-state index in [4.69, 9.17) is 0 Å². The van der Waals surface area contributed by atoms with Crippen LogP contribution in [-0.4, -0.2) is 4.98 Å². The van der Waals surface area contributed by atoms with Gasteiger partial charge in [-0.05, 0) is 61.8 Å². The topological polar surface area (TPSA) is 15.8 Å². The highest BCUT2D eigenvalue weighted by molar-refractivity contribution is 5.89. The molecule has 1 aromatic heterocycles. The Morgan fingerprint density at radius 3 is 2.84 bits per heavy atom. The van der Waals surface area contributed by atoms with Crippen molar-refractivity contribution in [3.63, 3.8) is 0 Å². The Bertz CT molecular complexity index is 577. The summed E-state index contributed by atoms with van der Waals surface area (Å²) in [5.41, 5.74) is 7.62. The van der Waals surface area contributed by atoms with Crippen LogP contribution in [0.4, 0.5) is 0 Å². The zero-order chi connectivity index (χ0) is 13.2. The number of aromatic nitrogens is 1. The summed E-state index contributed by atoms with van der Waals surface area (Å²) < 4.78 is 0. The molecule has 1 aliphatic carbocycles. The third-order valence-electron chi connectivity index (χ3n) is 4.63. The van der Waals surface area contributed by atoms with Gasteiger partial charge in [-0.3, -0.25) is 0 Å². The second-order valence-corrected chi connectivity index (χ2v) is 6.03. The normalized spacial score (nSPS) is 14.2. The maximum absolute atomic E-state index is 3.65. The molecule has 0 spiro atoms. The number of benzene rings is 1. The maximum Gasteiger partial charge on any atom is 0.0461 e. The lowest BCUT2D eigenvalue weighted by Gasteiger charge is -2.09. The van der Waals surface area contributed by atoms with Gasteiger partial charge in [-0.15, -0.1) is 0 Å². The lowest BCUT2D eigenvalue weighted by atomic mass is 9.95. The van der Waals surface area contributed by atoms with Crippen LogP contribution in [-0.2, 0) is 19.3 Å². The van der Waals surface area contributed by atoms with Gasteiger partial charge < -0.3 is 4.98 Å². The van der Waals surface area contributed by atoms with E-state index in [0.29, 0.717) is 0 Å². The van der Waals surface area contributed by atoms with Crippen LogP contribution in [0.3, 0.4) is 0 Å². The molecule has 1 aliphatic rings. The van der Waals surface area contributed by atoms with E-state index in [1.165, 1.54) is 68.1 Å². The van der Waals surface area contributed by atoms with Gasteiger partial charge in [0, 0.05) is 16.6 Å².